The van der Waals surface area contributed by atoms with E-state index in [1.54, 1.807) is 36.3 Å². The molecule has 1 N–H and O–H groups in total. The third-order valence-electron chi connectivity index (χ3n) is 7.05. The first-order valence-corrected chi connectivity index (χ1v) is 13.8. The second-order valence-electron chi connectivity index (χ2n) is 10.2. The highest BCUT2D eigenvalue weighted by Crippen LogP contribution is 2.42. The lowest BCUT2D eigenvalue weighted by atomic mass is 9.93. The molecule has 0 bridgehead atoms. The molecular weight excluding hydrogens is 520 g/mol. The molecule has 1 fully saturated rings. The molecule has 1 amide bonds. The Kier molecular flexibility index (Phi) is 9.68. The Hall–Kier alpha value is -4.30. The van der Waals surface area contributed by atoms with Crippen molar-refractivity contribution in [2.24, 2.45) is 0 Å². The zero-order chi connectivity index (χ0) is 29.5. The Bertz CT molecular complexity index is 1420. The minimum absolute atomic E-state index is 0.0483. The van der Waals surface area contributed by atoms with Gasteiger partial charge < -0.3 is 29.1 Å². The summed E-state index contributed by atoms with van der Waals surface area (Å²) in [5, 5.41) is 11.6. The Balaban J connectivity index is 1.73. The summed E-state index contributed by atoms with van der Waals surface area (Å²) in [5.74, 6) is 0.116. The molecule has 0 aromatic heterocycles. The maximum absolute atomic E-state index is 13.5. The number of rotatable bonds is 12. The first kappa shape index (κ1) is 29.7. The summed E-state index contributed by atoms with van der Waals surface area (Å²) < 4.78 is 17.2. The lowest BCUT2D eigenvalue weighted by Gasteiger charge is -2.26. The number of aliphatic hydroxyl groups is 1. The zero-order valence-corrected chi connectivity index (χ0v) is 24.3. The van der Waals surface area contributed by atoms with Crippen LogP contribution in [0.2, 0.25) is 0 Å². The van der Waals surface area contributed by atoms with Crippen LogP contribution in [-0.4, -0.2) is 67.5 Å². The van der Waals surface area contributed by atoms with E-state index in [1.807, 2.05) is 75.3 Å². The number of carbonyl (C=O) groups excluding carboxylic acids is 2. The zero-order valence-electron chi connectivity index (χ0n) is 24.3. The fraction of sp³-hybridized carbons (Fsp3) is 0.333. The first-order valence-electron chi connectivity index (χ1n) is 13.8. The van der Waals surface area contributed by atoms with Crippen molar-refractivity contribution in [1.29, 1.82) is 0 Å². The van der Waals surface area contributed by atoms with E-state index in [0.29, 0.717) is 54.6 Å². The van der Waals surface area contributed by atoms with Crippen molar-refractivity contribution < 1.29 is 28.9 Å². The van der Waals surface area contributed by atoms with E-state index < -0.39 is 17.7 Å². The molecule has 0 aliphatic carbocycles. The number of aliphatic hydroxyl groups excluding tert-OH is 1. The molecule has 1 aliphatic heterocycles. The molecule has 0 unspecified atom stereocenters. The summed E-state index contributed by atoms with van der Waals surface area (Å²) in [4.78, 5) is 30.4. The van der Waals surface area contributed by atoms with Crippen LogP contribution in [0.1, 0.15) is 41.6 Å². The van der Waals surface area contributed by atoms with Crippen LogP contribution in [-0.2, 0) is 16.2 Å². The van der Waals surface area contributed by atoms with Gasteiger partial charge in [0.2, 0.25) is 0 Å². The van der Waals surface area contributed by atoms with E-state index in [1.165, 1.54) is 0 Å². The molecule has 1 saturated heterocycles. The summed E-state index contributed by atoms with van der Waals surface area (Å²) >= 11 is 0. The van der Waals surface area contributed by atoms with E-state index in [2.05, 4.69) is 0 Å². The molecular formula is C33H38N2O6. The number of benzene rings is 3. The first-order chi connectivity index (χ1) is 19.7. The second-order valence-corrected chi connectivity index (χ2v) is 10.2. The number of nitrogens with zero attached hydrogens (tertiary/aromatic N) is 2. The van der Waals surface area contributed by atoms with Crippen molar-refractivity contribution in [2.75, 3.05) is 40.9 Å². The number of likely N-dealkylation sites (tertiary alicyclic amines) is 1. The fourth-order valence-electron chi connectivity index (χ4n) is 5.02. The van der Waals surface area contributed by atoms with Crippen LogP contribution < -0.4 is 14.2 Å². The summed E-state index contributed by atoms with van der Waals surface area (Å²) in [5.41, 5.74) is 2.92. The number of hydrogen-bond acceptors (Lipinski definition) is 7. The Labute approximate surface area is 241 Å². The maximum Gasteiger partial charge on any atom is 0.295 e. The average molecular weight is 559 g/mol. The normalized spacial score (nSPS) is 16.3. The molecule has 0 saturated carbocycles. The number of carbonyl (C=O) groups is 2. The summed E-state index contributed by atoms with van der Waals surface area (Å²) in [7, 11) is 5.46. The molecule has 3 aromatic rings. The van der Waals surface area contributed by atoms with E-state index in [4.69, 9.17) is 14.2 Å². The Morgan fingerprint density at radius 1 is 0.976 bits per heavy atom. The van der Waals surface area contributed by atoms with Gasteiger partial charge in [0.25, 0.3) is 11.7 Å². The minimum Gasteiger partial charge on any atom is -0.507 e. The highest BCUT2D eigenvalue weighted by atomic mass is 16.5. The van der Waals surface area contributed by atoms with E-state index in [-0.39, 0.29) is 11.3 Å². The Morgan fingerprint density at radius 3 is 2.39 bits per heavy atom. The van der Waals surface area contributed by atoms with E-state index in [0.717, 1.165) is 17.7 Å². The Morgan fingerprint density at radius 2 is 1.73 bits per heavy atom. The molecule has 0 radical (unpaired) electrons. The SMILES string of the molecule is CCOc1ccc([C@H]2/C(=C(\O)c3ccc(OCc4ccccc4)cc3C)C(=O)C(=O)N2CCCN(C)C)cc1OC. The third-order valence-corrected chi connectivity index (χ3v) is 7.05. The molecule has 1 heterocycles. The lowest BCUT2D eigenvalue weighted by molar-refractivity contribution is -0.139. The van der Waals surface area contributed by atoms with E-state index in [9.17, 15) is 14.7 Å². The van der Waals surface area contributed by atoms with Crippen molar-refractivity contribution >= 4 is 17.4 Å². The number of Topliss-reactive ketones (excluding diaryl/α,β-unsaturated/α-hetero) is 1. The number of ether oxygens (including phenoxy) is 3. The van der Waals surface area contributed by atoms with Gasteiger partial charge in [-0.15, -0.1) is 0 Å². The van der Waals surface area contributed by atoms with Crippen molar-refractivity contribution in [1.82, 2.24) is 9.80 Å². The average Bonchev–Trinajstić information content (AvgIpc) is 3.21. The van der Waals surface area contributed by atoms with Crippen LogP contribution >= 0.6 is 0 Å². The number of aryl methyl sites for hydroxylation is 1. The molecule has 8 nitrogen and oxygen atoms in total. The van der Waals surface area contributed by atoms with Gasteiger partial charge in [0, 0.05) is 12.1 Å². The summed E-state index contributed by atoms with van der Waals surface area (Å²) in [6.45, 7) is 5.68. The summed E-state index contributed by atoms with van der Waals surface area (Å²) in [6.07, 6.45) is 0.664. The van der Waals surface area contributed by atoms with Gasteiger partial charge >= 0.3 is 0 Å². The summed E-state index contributed by atoms with van der Waals surface area (Å²) in [6, 6.07) is 19.7. The minimum atomic E-state index is -0.782. The number of methoxy groups -OCH3 is 1. The highest BCUT2D eigenvalue weighted by Gasteiger charge is 2.46. The van der Waals surface area contributed by atoms with Gasteiger partial charge in [-0.2, -0.15) is 0 Å². The molecule has 4 rings (SSSR count). The third kappa shape index (κ3) is 6.72. The van der Waals surface area contributed by atoms with Crippen LogP contribution in [0.4, 0.5) is 0 Å². The van der Waals surface area contributed by atoms with Crippen LogP contribution in [0.3, 0.4) is 0 Å². The van der Waals surface area contributed by atoms with Gasteiger partial charge in [-0.25, -0.2) is 0 Å². The monoisotopic (exact) mass is 558 g/mol. The topological polar surface area (TPSA) is 88.5 Å². The molecule has 1 atom stereocenters. The maximum atomic E-state index is 13.5. The quantitative estimate of drug-likeness (QED) is 0.182. The predicted octanol–water partition coefficient (Wildman–Crippen LogP) is 5.35. The number of hydrogen-bond donors (Lipinski definition) is 1. The highest BCUT2D eigenvalue weighted by molar-refractivity contribution is 6.46. The van der Waals surface area contributed by atoms with Crippen LogP contribution in [0.25, 0.3) is 5.76 Å². The van der Waals surface area contributed by atoms with Gasteiger partial charge in [-0.05, 0) is 87.9 Å². The standard InChI is InChI=1S/C33H38N2O6/c1-6-40-27-16-13-24(20-28(27)39-5)30-29(32(37)33(38)35(30)18-10-17-34(3)4)31(36)26-15-14-25(19-22(26)2)41-21-23-11-8-7-9-12-23/h7-9,11-16,19-20,30,36H,6,10,17-18,21H2,1-5H3/b31-29+/t30-/m0/s1. The molecule has 216 valence electrons. The fourth-order valence-corrected chi connectivity index (χ4v) is 5.02. The van der Waals surface area contributed by atoms with Crippen molar-refractivity contribution in [3.8, 4) is 17.2 Å². The van der Waals surface area contributed by atoms with Crippen LogP contribution in [0, 0.1) is 6.92 Å². The number of ketones is 1. The largest absolute Gasteiger partial charge is 0.507 e. The van der Waals surface area contributed by atoms with Crippen molar-refractivity contribution in [2.45, 2.75) is 32.9 Å². The van der Waals surface area contributed by atoms with Gasteiger partial charge in [0.05, 0.1) is 25.3 Å². The van der Waals surface area contributed by atoms with Gasteiger partial charge in [0.1, 0.15) is 18.1 Å². The predicted molar refractivity (Wildman–Crippen MR) is 158 cm³/mol. The lowest BCUT2D eigenvalue weighted by Crippen LogP contribution is -2.32. The number of amides is 1. The molecule has 41 heavy (non-hydrogen) atoms. The molecule has 3 aromatic carbocycles. The van der Waals surface area contributed by atoms with Crippen LogP contribution in [0.5, 0.6) is 17.2 Å². The van der Waals surface area contributed by atoms with Crippen molar-refractivity contribution in [3.05, 3.63) is 94.6 Å². The molecule has 8 heteroatoms. The van der Waals surface area contributed by atoms with Gasteiger partial charge in [0.15, 0.2) is 11.5 Å². The van der Waals surface area contributed by atoms with Crippen molar-refractivity contribution in [3.63, 3.8) is 0 Å². The van der Waals surface area contributed by atoms with Gasteiger partial charge in [-0.3, -0.25) is 9.59 Å². The van der Waals surface area contributed by atoms with Crippen LogP contribution in [0.15, 0.2) is 72.3 Å². The smallest absolute Gasteiger partial charge is 0.295 e. The second kappa shape index (κ2) is 13.4. The van der Waals surface area contributed by atoms with E-state index >= 15 is 0 Å². The molecule has 1 aliphatic rings. The molecule has 0 spiro atoms. The van der Waals surface area contributed by atoms with Gasteiger partial charge in [-0.1, -0.05) is 36.4 Å².